The summed E-state index contributed by atoms with van der Waals surface area (Å²) in [4.78, 5) is 14.7. The summed E-state index contributed by atoms with van der Waals surface area (Å²) in [6.45, 7) is 0.137. The van der Waals surface area contributed by atoms with Crippen molar-refractivity contribution in [1.82, 2.24) is 4.90 Å². The Balaban J connectivity index is 1.87. The Morgan fingerprint density at radius 2 is 1.43 bits per heavy atom. The molecule has 3 atom stereocenters. The molecule has 0 unspecified atom stereocenters. The Kier molecular flexibility index (Phi) is 4.47. The van der Waals surface area contributed by atoms with Crippen molar-refractivity contribution in [1.29, 1.82) is 0 Å². The molecule has 1 saturated heterocycles. The van der Waals surface area contributed by atoms with Crippen LogP contribution < -0.4 is 0 Å². The zero-order valence-electron chi connectivity index (χ0n) is 16.6. The van der Waals surface area contributed by atoms with Crippen molar-refractivity contribution in [3.63, 3.8) is 0 Å². The highest BCUT2D eigenvalue weighted by molar-refractivity contribution is 5.85. The molecule has 5 nitrogen and oxygen atoms in total. The summed E-state index contributed by atoms with van der Waals surface area (Å²) in [7, 11) is 1.31. The summed E-state index contributed by atoms with van der Waals surface area (Å²) in [6.07, 6.45) is -2.30. The molecule has 1 fully saturated rings. The third-order valence-electron chi connectivity index (χ3n) is 6.43. The van der Waals surface area contributed by atoms with Crippen molar-refractivity contribution in [2.45, 2.75) is 23.8 Å². The van der Waals surface area contributed by atoms with Crippen LogP contribution in [0.15, 0.2) is 78.9 Å². The van der Waals surface area contributed by atoms with Gasteiger partial charge in [-0.15, -0.1) is 0 Å². The van der Waals surface area contributed by atoms with Crippen LogP contribution in [-0.4, -0.2) is 53.0 Å². The fraction of sp³-hybridized carbons (Fsp3) is 0.240. The second kappa shape index (κ2) is 7.06. The van der Waals surface area contributed by atoms with Gasteiger partial charge in [0, 0.05) is 6.54 Å². The van der Waals surface area contributed by atoms with E-state index in [4.69, 9.17) is 4.74 Å². The summed E-state index contributed by atoms with van der Waals surface area (Å²) >= 11 is 0. The van der Waals surface area contributed by atoms with Gasteiger partial charge in [-0.25, -0.2) is 0 Å². The Labute approximate surface area is 175 Å². The van der Waals surface area contributed by atoms with Gasteiger partial charge in [0.2, 0.25) is 0 Å². The van der Waals surface area contributed by atoms with E-state index >= 15 is 0 Å². The van der Waals surface area contributed by atoms with Crippen molar-refractivity contribution >= 4 is 5.97 Å². The maximum Gasteiger partial charge on any atom is 0.325 e. The third-order valence-corrected chi connectivity index (χ3v) is 6.43. The lowest BCUT2D eigenvalue weighted by Gasteiger charge is -2.43. The molecule has 152 valence electrons. The normalized spacial score (nSPS) is 24.3. The van der Waals surface area contributed by atoms with E-state index in [-0.39, 0.29) is 6.54 Å². The highest BCUT2D eigenvalue weighted by Gasteiger charge is 2.58. The number of fused-ring (bicyclic) bond motifs is 3. The second-order valence-corrected chi connectivity index (χ2v) is 7.85. The Morgan fingerprint density at radius 3 is 2.00 bits per heavy atom. The minimum atomic E-state index is -1.24. The van der Waals surface area contributed by atoms with Crippen LogP contribution in [-0.2, 0) is 15.1 Å². The van der Waals surface area contributed by atoms with Gasteiger partial charge in [-0.05, 0) is 27.8 Å². The highest BCUT2D eigenvalue weighted by Crippen LogP contribution is 2.55. The zero-order chi connectivity index (χ0) is 20.9. The molecule has 0 aromatic heterocycles. The number of benzene rings is 3. The average Bonchev–Trinajstić information content (AvgIpc) is 3.26. The van der Waals surface area contributed by atoms with Gasteiger partial charge in [0.25, 0.3) is 0 Å². The van der Waals surface area contributed by atoms with Gasteiger partial charge >= 0.3 is 5.97 Å². The smallest absolute Gasteiger partial charge is 0.325 e. The van der Waals surface area contributed by atoms with Crippen molar-refractivity contribution in [3.8, 4) is 11.1 Å². The number of ether oxygens (including phenoxy) is 1. The molecule has 1 aliphatic carbocycles. The Hall–Kier alpha value is -2.99. The maximum absolute atomic E-state index is 12.8. The van der Waals surface area contributed by atoms with Gasteiger partial charge in [0.1, 0.15) is 12.1 Å². The topological polar surface area (TPSA) is 70.0 Å². The fourth-order valence-electron chi connectivity index (χ4n) is 5.23. The molecule has 2 aliphatic rings. The number of aliphatic hydroxyl groups excluding tert-OH is 2. The number of hydrogen-bond acceptors (Lipinski definition) is 5. The molecule has 3 aromatic carbocycles. The third kappa shape index (κ3) is 2.43. The zero-order valence-corrected chi connectivity index (χ0v) is 16.6. The van der Waals surface area contributed by atoms with Gasteiger partial charge in [-0.2, -0.15) is 0 Å². The standard InChI is InChI=1S/C25H23NO4/c1-30-24(29)22-23(28)21(27)15-26(22)25(16-9-3-2-4-10-16)19-13-7-5-11-17(19)18-12-6-8-14-20(18)25/h2-14,21-23,27-28H,15H2,1H3/t21-,22+,23+/m1/s1. The van der Waals surface area contributed by atoms with Crippen LogP contribution >= 0.6 is 0 Å². The van der Waals surface area contributed by atoms with Crippen molar-refractivity contribution in [2.75, 3.05) is 13.7 Å². The summed E-state index contributed by atoms with van der Waals surface area (Å²) in [5, 5.41) is 21.4. The minimum absolute atomic E-state index is 0.137. The number of rotatable bonds is 3. The van der Waals surface area contributed by atoms with Gasteiger partial charge in [-0.1, -0.05) is 78.9 Å². The number of aliphatic hydroxyl groups is 2. The summed E-state index contributed by atoms with van der Waals surface area (Å²) < 4.78 is 5.05. The number of likely N-dealkylation sites (tertiary alicyclic amines) is 1. The van der Waals surface area contributed by atoms with Crippen LogP contribution in [0.25, 0.3) is 11.1 Å². The highest BCUT2D eigenvalue weighted by atomic mass is 16.5. The van der Waals surface area contributed by atoms with E-state index in [0.717, 1.165) is 27.8 Å². The maximum atomic E-state index is 12.8. The van der Waals surface area contributed by atoms with Crippen LogP contribution in [0.1, 0.15) is 16.7 Å². The second-order valence-electron chi connectivity index (χ2n) is 7.85. The Morgan fingerprint density at radius 1 is 0.900 bits per heavy atom. The molecule has 0 spiro atoms. The minimum Gasteiger partial charge on any atom is -0.468 e. The first kappa shape index (κ1) is 19.0. The lowest BCUT2D eigenvalue weighted by molar-refractivity contribution is -0.151. The van der Waals surface area contributed by atoms with Crippen molar-refractivity contribution in [2.24, 2.45) is 0 Å². The van der Waals surface area contributed by atoms with Crippen LogP contribution in [0.5, 0.6) is 0 Å². The summed E-state index contributed by atoms with van der Waals surface area (Å²) in [5.74, 6) is -0.559. The van der Waals surface area contributed by atoms with E-state index in [0.29, 0.717) is 0 Å². The SMILES string of the molecule is COC(=O)[C@@H]1[C@@H](O)[C@H](O)CN1C1(c2ccccc2)c2ccccc2-c2ccccc21. The Bertz CT molecular complexity index is 1050. The number of methoxy groups -OCH3 is 1. The number of hydrogen-bond donors (Lipinski definition) is 2. The van der Waals surface area contributed by atoms with E-state index in [1.54, 1.807) is 0 Å². The van der Waals surface area contributed by atoms with Crippen LogP contribution in [0.2, 0.25) is 0 Å². The van der Waals surface area contributed by atoms with Gasteiger partial charge in [-0.3, -0.25) is 9.69 Å². The molecular formula is C25H23NO4. The molecule has 2 N–H and O–H groups in total. The molecule has 1 aliphatic heterocycles. The first-order chi connectivity index (χ1) is 14.6. The van der Waals surface area contributed by atoms with Crippen LogP contribution in [0.3, 0.4) is 0 Å². The largest absolute Gasteiger partial charge is 0.468 e. The molecule has 5 rings (SSSR count). The lowest BCUT2D eigenvalue weighted by Crippen LogP contribution is -2.54. The van der Waals surface area contributed by atoms with E-state index in [2.05, 4.69) is 24.3 Å². The predicted molar refractivity (Wildman–Crippen MR) is 113 cm³/mol. The summed E-state index contributed by atoms with van der Waals surface area (Å²) in [5.41, 5.74) is 4.33. The first-order valence-electron chi connectivity index (χ1n) is 10.1. The molecule has 1 heterocycles. The molecule has 0 saturated carbocycles. The monoisotopic (exact) mass is 401 g/mol. The van der Waals surface area contributed by atoms with E-state index < -0.39 is 29.8 Å². The number of carbonyl (C=O) groups excluding carboxylic acids is 1. The lowest BCUT2D eigenvalue weighted by atomic mass is 9.78. The van der Waals surface area contributed by atoms with Crippen molar-refractivity contribution in [3.05, 3.63) is 95.6 Å². The number of nitrogens with zero attached hydrogens (tertiary/aromatic N) is 1. The molecule has 0 amide bonds. The number of esters is 1. The van der Waals surface area contributed by atoms with E-state index in [1.807, 2.05) is 59.5 Å². The van der Waals surface area contributed by atoms with Crippen LogP contribution in [0, 0.1) is 0 Å². The number of carbonyl (C=O) groups is 1. The average molecular weight is 401 g/mol. The first-order valence-corrected chi connectivity index (χ1v) is 10.1. The molecule has 0 radical (unpaired) electrons. The van der Waals surface area contributed by atoms with Crippen molar-refractivity contribution < 1.29 is 19.7 Å². The van der Waals surface area contributed by atoms with Crippen LogP contribution in [0.4, 0.5) is 0 Å². The molecule has 0 bridgehead atoms. The molecule has 30 heavy (non-hydrogen) atoms. The van der Waals surface area contributed by atoms with Gasteiger partial charge < -0.3 is 14.9 Å². The number of β-amino-alcohol motifs (C(OH)–C–C–N with tert-alkyl or cyclic N) is 1. The molecule has 3 aromatic rings. The fourth-order valence-corrected chi connectivity index (χ4v) is 5.23. The molecule has 5 heteroatoms. The molecular weight excluding hydrogens is 378 g/mol. The predicted octanol–water partition coefficient (Wildman–Crippen LogP) is 2.54. The van der Waals surface area contributed by atoms with Gasteiger partial charge in [0.05, 0.1) is 18.8 Å². The van der Waals surface area contributed by atoms with Gasteiger partial charge in [0.15, 0.2) is 0 Å². The quantitative estimate of drug-likeness (QED) is 0.660. The van der Waals surface area contributed by atoms with E-state index in [1.165, 1.54) is 7.11 Å². The summed E-state index contributed by atoms with van der Waals surface area (Å²) in [6, 6.07) is 25.2. The van der Waals surface area contributed by atoms with E-state index in [9.17, 15) is 15.0 Å².